The molecular weight excluding hydrogens is 228 g/mol. The fourth-order valence-corrected chi connectivity index (χ4v) is 1.78. The zero-order valence-electron chi connectivity index (χ0n) is 11.3. The van der Waals surface area contributed by atoms with Crippen LogP contribution in [0.25, 0.3) is 0 Å². The molecule has 0 radical (unpaired) electrons. The van der Waals surface area contributed by atoms with Crippen molar-refractivity contribution in [2.75, 3.05) is 0 Å². The van der Waals surface area contributed by atoms with Crippen LogP contribution >= 0.6 is 0 Å². The molecule has 0 fully saturated rings. The van der Waals surface area contributed by atoms with Crippen molar-refractivity contribution < 1.29 is 9.53 Å². The van der Waals surface area contributed by atoms with E-state index in [2.05, 4.69) is 6.92 Å². The number of primary amides is 1. The Bertz CT molecular complexity index is 399. The molecule has 1 rings (SSSR count). The van der Waals surface area contributed by atoms with Crippen LogP contribution in [-0.2, 0) is 11.2 Å². The topological polar surface area (TPSA) is 78.3 Å². The van der Waals surface area contributed by atoms with Gasteiger partial charge in [0, 0.05) is 6.42 Å². The molecular formula is C14H22N2O2. The molecule has 1 aromatic carbocycles. The third-order valence-corrected chi connectivity index (χ3v) is 2.94. The van der Waals surface area contributed by atoms with Gasteiger partial charge in [0.15, 0.2) is 0 Å². The van der Waals surface area contributed by atoms with Crippen LogP contribution in [-0.4, -0.2) is 17.6 Å². The molecule has 0 aliphatic heterocycles. The molecule has 4 heteroatoms. The van der Waals surface area contributed by atoms with E-state index in [-0.39, 0.29) is 6.10 Å². The van der Waals surface area contributed by atoms with Crippen molar-refractivity contribution >= 4 is 5.91 Å². The molecule has 2 unspecified atom stereocenters. The number of aryl methyl sites for hydroxylation is 1. The molecule has 0 aliphatic carbocycles. The van der Waals surface area contributed by atoms with Crippen LogP contribution in [0.3, 0.4) is 0 Å². The van der Waals surface area contributed by atoms with Crippen molar-refractivity contribution in [3.8, 4) is 5.75 Å². The second kappa shape index (κ2) is 5.87. The van der Waals surface area contributed by atoms with Gasteiger partial charge >= 0.3 is 0 Å². The molecule has 18 heavy (non-hydrogen) atoms. The van der Waals surface area contributed by atoms with Gasteiger partial charge in [-0.2, -0.15) is 0 Å². The Morgan fingerprint density at radius 3 is 2.39 bits per heavy atom. The number of carbonyl (C=O) groups is 1. The highest BCUT2D eigenvalue weighted by molar-refractivity contribution is 5.83. The van der Waals surface area contributed by atoms with Crippen LogP contribution in [0.5, 0.6) is 5.75 Å². The minimum atomic E-state index is -1.04. The maximum absolute atomic E-state index is 11.1. The van der Waals surface area contributed by atoms with Gasteiger partial charge in [0.05, 0.1) is 11.6 Å². The quantitative estimate of drug-likeness (QED) is 0.805. The fourth-order valence-electron chi connectivity index (χ4n) is 1.78. The van der Waals surface area contributed by atoms with Crippen molar-refractivity contribution in [1.82, 2.24) is 0 Å². The van der Waals surface area contributed by atoms with Crippen LogP contribution in [0, 0.1) is 0 Å². The molecule has 0 saturated heterocycles. The van der Waals surface area contributed by atoms with Crippen molar-refractivity contribution in [3.05, 3.63) is 29.8 Å². The Labute approximate surface area is 108 Å². The first-order valence-corrected chi connectivity index (χ1v) is 6.19. The van der Waals surface area contributed by atoms with E-state index in [1.54, 1.807) is 6.92 Å². The maximum Gasteiger partial charge on any atom is 0.237 e. The summed E-state index contributed by atoms with van der Waals surface area (Å²) < 4.78 is 5.71. The molecule has 1 aromatic rings. The summed E-state index contributed by atoms with van der Waals surface area (Å²) >= 11 is 0. The molecule has 100 valence electrons. The highest BCUT2D eigenvalue weighted by Gasteiger charge is 2.28. The number of amides is 1. The Hall–Kier alpha value is -1.55. The summed E-state index contributed by atoms with van der Waals surface area (Å²) in [5, 5.41) is 0. The lowest BCUT2D eigenvalue weighted by Crippen LogP contribution is -2.51. The third kappa shape index (κ3) is 4.04. The van der Waals surface area contributed by atoms with Gasteiger partial charge < -0.3 is 16.2 Å². The van der Waals surface area contributed by atoms with Gasteiger partial charge in [-0.1, -0.05) is 19.1 Å². The standard InChI is InChI=1S/C14H22N2O2/c1-4-11-5-7-12(8-6-11)18-10(2)9-14(3,16)13(15)17/h5-8,10H,4,9,16H2,1-3H3,(H2,15,17). The highest BCUT2D eigenvalue weighted by atomic mass is 16.5. The average molecular weight is 250 g/mol. The van der Waals surface area contributed by atoms with Gasteiger partial charge in [0.1, 0.15) is 5.75 Å². The number of benzene rings is 1. The van der Waals surface area contributed by atoms with E-state index in [0.29, 0.717) is 6.42 Å². The second-order valence-corrected chi connectivity index (χ2v) is 4.91. The molecule has 1 amide bonds. The fraction of sp³-hybridized carbons (Fsp3) is 0.500. The molecule has 0 spiro atoms. The number of nitrogens with two attached hydrogens (primary N) is 2. The monoisotopic (exact) mass is 250 g/mol. The summed E-state index contributed by atoms with van der Waals surface area (Å²) in [6.45, 7) is 5.60. The number of hydrogen-bond acceptors (Lipinski definition) is 3. The van der Waals surface area contributed by atoms with Gasteiger partial charge in [-0.15, -0.1) is 0 Å². The number of carbonyl (C=O) groups excluding carboxylic acids is 1. The van der Waals surface area contributed by atoms with Gasteiger partial charge in [0.25, 0.3) is 0 Å². The van der Waals surface area contributed by atoms with Crippen molar-refractivity contribution in [3.63, 3.8) is 0 Å². The molecule has 4 N–H and O–H groups in total. The van der Waals surface area contributed by atoms with Gasteiger partial charge in [0.2, 0.25) is 5.91 Å². The lowest BCUT2D eigenvalue weighted by molar-refractivity contribution is -0.123. The van der Waals surface area contributed by atoms with E-state index in [1.165, 1.54) is 5.56 Å². The summed E-state index contributed by atoms with van der Waals surface area (Å²) in [6.07, 6.45) is 1.22. The first-order valence-electron chi connectivity index (χ1n) is 6.19. The summed E-state index contributed by atoms with van der Waals surface area (Å²) in [5.74, 6) is 0.263. The zero-order chi connectivity index (χ0) is 13.8. The highest BCUT2D eigenvalue weighted by Crippen LogP contribution is 2.18. The van der Waals surface area contributed by atoms with E-state index in [1.807, 2.05) is 31.2 Å². The van der Waals surface area contributed by atoms with Gasteiger partial charge in [-0.3, -0.25) is 4.79 Å². The van der Waals surface area contributed by atoms with Crippen LogP contribution < -0.4 is 16.2 Å². The van der Waals surface area contributed by atoms with Crippen molar-refractivity contribution in [2.45, 2.75) is 45.3 Å². The number of ether oxygens (including phenoxy) is 1. The Morgan fingerprint density at radius 1 is 1.39 bits per heavy atom. The predicted octanol–water partition coefficient (Wildman–Crippen LogP) is 1.61. The number of rotatable bonds is 6. The molecule has 0 bridgehead atoms. The van der Waals surface area contributed by atoms with Crippen molar-refractivity contribution in [2.24, 2.45) is 11.5 Å². The predicted molar refractivity (Wildman–Crippen MR) is 72.3 cm³/mol. The minimum absolute atomic E-state index is 0.167. The largest absolute Gasteiger partial charge is 0.491 e. The smallest absolute Gasteiger partial charge is 0.237 e. The maximum atomic E-state index is 11.1. The Balaban J connectivity index is 2.58. The van der Waals surface area contributed by atoms with E-state index in [9.17, 15) is 4.79 Å². The SMILES string of the molecule is CCc1ccc(OC(C)CC(C)(N)C(N)=O)cc1. The summed E-state index contributed by atoms with van der Waals surface area (Å²) in [6, 6.07) is 7.90. The second-order valence-electron chi connectivity index (χ2n) is 4.91. The molecule has 4 nitrogen and oxygen atoms in total. The van der Waals surface area contributed by atoms with Crippen LogP contribution in [0.2, 0.25) is 0 Å². The Kier molecular flexibility index (Phi) is 4.73. The van der Waals surface area contributed by atoms with Crippen LogP contribution in [0.15, 0.2) is 24.3 Å². The summed E-state index contributed by atoms with van der Waals surface area (Å²) in [7, 11) is 0. The van der Waals surface area contributed by atoms with E-state index >= 15 is 0 Å². The first kappa shape index (κ1) is 14.5. The third-order valence-electron chi connectivity index (χ3n) is 2.94. The number of hydrogen-bond donors (Lipinski definition) is 2. The normalized spacial score (nSPS) is 15.8. The minimum Gasteiger partial charge on any atom is -0.491 e. The van der Waals surface area contributed by atoms with Gasteiger partial charge in [-0.05, 0) is 38.0 Å². The summed E-state index contributed by atoms with van der Waals surface area (Å²) in [5.41, 5.74) is 11.3. The Morgan fingerprint density at radius 2 is 1.94 bits per heavy atom. The lowest BCUT2D eigenvalue weighted by atomic mass is 9.95. The van der Waals surface area contributed by atoms with Crippen LogP contribution in [0.1, 0.15) is 32.8 Å². The van der Waals surface area contributed by atoms with E-state index in [4.69, 9.17) is 16.2 Å². The molecule has 0 saturated carbocycles. The summed E-state index contributed by atoms with van der Waals surface area (Å²) in [4.78, 5) is 11.1. The van der Waals surface area contributed by atoms with Gasteiger partial charge in [-0.25, -0.2) is 0 Å². The molecule has 0 aromatic heterocycles. The lowest BCUT2D eigenvalue weighted by Gasteiger charge is -2.25. The van der Waals surface area contributed by atoms with Crippen molar-refractivity contribution in [1.29, 1.82) is 0 Å². The van der Waals surface area contributed by atoms with Crippen LogP contribution in [0.4, 0.5) is 0 Å². The molecule has 2 atom stereocenters. The van der Waals surface area contributed by atoms with E-state index in [0.717, 1.165) is 12.2 Å². The zero-order valence-corrected chi connectivity index (χ0v) is 11.3. The molecule has 0 aliphatic rings. The van der Waals surface area contributed by atoms with E-state index < -0.39 is 11.4 Å². The first-order chi connectivity index (χ1) is 8.35. The average Bonchev–Trinajstić information content (AvgIpc) is 2.29. The molecule has 0 heterocycles.